The zero-order valence-corrected chi connectivity index (χ0v) is 15.8. The van der Waals surface area contributed by atoms with Crippen molar-refractivity contribution in [3.63, 3.8) is 0 Å². The van der Waals surface area contributed by atoms with Crippen LogP contribution in [0.2, 0.25) is 0 Å². The van der Waals surface area contributed by atoms with Crippen LogP contribution < -0.4 is 15.2 Å². The molecule has 2 aromatic rings. The van der Waals surface area contributed by atoms with E-state index in [0.29, 0.717) is 37.5 Å². The van der Waals surface area contributed by atoms with Gasteiger partial charge in [0.2, 0.25) is 0 Å². The summed E-state index contributed by atoms with van der Waals surface area (Å²) in [6.07, 6.45) is -4.86. The highest BCUT2D eigenvalue weighted by atomic mass is 32.2. The molecule has 0 radical (unpaired) electrons. The van der Waals surface area contributed by atoms with E-state index in [1.807, 2.05) is 10.3 Å². The SMILES string of the molecule is O=C(NNS(=O)(=O)c1ccccc1C(F)(F)F)c1csc(N2CCOCC2)n1. The van der Waals surface area contributed by atoms with Gasteiger partial charge < -0.3 is 9.64 Å². The number of aromatic nitrogens is 1. The molecule has 28 heavy (non-hydrogen) atoms. The van der Waals surface area contributed by atoms with E-state index in [0.717, 1.165) is 18.2 Å². The highest BCUT2D eigenvalue weighted by Crippen LogP contribution is 2.33. The molecule has 1 aromatic carbocycles. The Morgan fingerprint density at radius 3 is 2.57 bits per heavy atom. The van der Waals surface area contributed by atoms with E-state index < -0.39 is 32.6 Å². The van der Waals surface area contributed by atoms with Gasteiger partial charge in [-0.05, 0) is 12.1 Å². The molecule has 1 aromatic heterocycles. The van der Waals surface area contributed by atoms with Crippen molar-refractivity contribution < 1.29 is 31.1 Å². The molecule has 0 bridgehead atoms. The fourth-order valence-electron chi connectivity index (χ4n) is 2.44. The number of thiazole rings is 1. The van der Waals surface area contributed by atoms with Crippen molar-refractivity contribution in [1.29, 1.82) is 0 Å². The molecule has 1 amide bonds. The second kappa shape index (κ2) is 8.03. The fraction of sp³-hybridized carbons (Fsp3) is 0.333. The Morgan fingerprint density at radius 2 is 1.89 bits per heavy atom. The number of carbonyl (C=O) groups excluding carboxylic acids is 1. The molecule has 8 nitrogen and oxygen atoms in total. The van der Waals surface area contributed by atoms with Crippen molar-refractivity contribution in [3.8, 4) is 0 Å². The summed E-state index contributed by atoms with van der Waals surface area (Å²) in [4.78, 5) is 18.9. The minimum atomic E-state index is -4.86. The Labute approximate surface area is 162 Å². The number of rotatable bonds is 5. The Morgan fingerprint density at radius 1 is 1.21 bits per heavy atom. The molecule has 2 N–H and O–H groups in total. The monoisotopic (exact) mass is 436 g/mol. The van der Waals surface area contributed by atoms with Crippen LogP contribution >= 0.6 is 11.3 Å². The Balaban J connectivity index is 1.70. The minimum absolute atomic E-state index is 0.0571. The highest BCUT2D eigenvalue weighted by Gasteiger charge is 2.37. The number of hydrazine groups is 1. The van der Waals surface area contributed by atoms with Gasteiger partial charge in [-0.3, -0.25) is 10.2 Å². The van der Waals surface area contributed by atoms with Gasteiger partial charge in [0.15, 0.2) is 5.13 Å². The molecular formula is C15H15F3N4O4S2. The lowest BCUT2D eigenvalue weighted by molar-refractivity contribution is -0.139. The van der Waals surface area contributed by atoms with E-state index in [4.69, 9.17) is 4.74 Å². The number of morpholine rings is 1. The molecule has 0 atom stereocenters. The molecular weight excluding hydrogens is 421 g/mol. The maximum Gasteiger partial charge on any atom is 0.417 e. The lowest BCUT2D eigenvalue weighted by atomic mass is 10.2. The Bertz CT molecular complexity index is 956. The number of sulfonamides is 1. The molecule has 1 saturated heterocycles. The topological polar surface area (TPSA) is 101 Å². The summed E-state index contributed by atoms with van der Waals surface area (Å²) < 4.78 is 68.7. The first-order valence-electron chi connectivity index (χ1n) is 7.95. The number of ether oxygens (including phenoxy) is 1. The minimum Gasteiger partial charge on any atom is -0.378 e. The van der Waals surface area contributed by atoms with Gasteiger partial charge in [0.25, 0.3) is 15.9 Å². The van der Waals surface area contributed by atoms with Crippen molar-refractivity contribution in [2.45, 2.75) is 11.1 Å². The number of halogens is 3. The summed E-state index contributed by atoms with van der Waals surface area (Å²) in [6, 6.07) is 3.67. The number of hydrogen-bond donors (Lipinski definition) is 2. The summed E-state index contributed by atoms with van der Waals surface area (Å²) in [5.74, 6) is -0.885. The summed E-state index contributed by atoms with van der Waals surface area (Å²) in [6.45, 7) is 2.27. The summed E-state index contributed by atoms with van der Waals surface area (Å²) in [7, 11) is -4.64. The average molecular weight is 436 g/mol. The zero-order valence-electron chi connectivity index (χ0n) is 14.2. The third-order valence-corrected chi connectivity index (χ3v) is 5.99. The van der Waals surface area contributed by atoms with Crippen molar-refractivity contribution in [1.82, 2.24) is 15.2 Å². The molecule has 0 unspecified atom stereocenters. The first kappa shape index (κ1) is 20.5. The lowest BCUT2D eigenvalue weighted by Gasteiger charge is -2.25. The number of carbonyl (C=O) groups is 1. The van der Waals surface area contributed by atoms with Gasteiger partial charge in [0, 0.05) is 18.5 Å². The van der Waals surface area contributed by atoms with E-state index in [2.05, 4.69) is 4.98 Å². The van der Waals surface area contributed by atoms with Crippen LogP contribution in [-0.4, -0.2) is 45.6 Å². The van der Waals surface area contributed by atoms with Crippen LogP contribution in [0.4, 0.5) is 18.3 Å². The Hall–Kier alpha value is -2.22. The van der Waals surface area contributed by atoms with E-state index in [1.54, 1.807) is 4.83 Å². The van der Waals surface area contributed by atoms with Gasteiger partial charge in [-0.25, -0.2) is 13.4 Å². The number of hydrogen-bond acceptors (Lipinski definition) is 7. The van der Waals surface area contributed by atoms with E-state index >= 15 is 0 Å². The molecule has 2 heterocycles. The summed E-state index contributed by atoms with van der Waals surface area (Å²) in [5.41, 5.74) is 0.499. The molecule has 0 saturated carbocycles. The molecule has 1 aliphatic heterocycles. The van der Waals surface area contributed by atoms with Crippen LogP contribution in [0.5, 0.6) is 0 Å². The van der Waals surface area contributed by atoms with Gasteiger partial charge in [-0.15, -0.1) is 16.2 Å². The standard InChI is InChI=1S/C15H15F3N4O4S2/c16-15(17,18)10-3-1-2-4-12(10)28(24,25)21-20-13(23)11-9-27-14(19-11)22-5-7-26-8-6-22/h1-4,9,21H,5-8H2,(H,20,23). The van der Waals surface area contributed by atoms with Gasteiger partial charge >= 0.3 is 6.18 Å². The van der Waals surface area contributed by atoms with E-state index in [9.17, 15) is 26.4 Å². The van der Waals surface area contributed by atoms with Crippen LogP contribution in [0.1, 0.15) is 16.1 Å². The van der Waals surface area contributed by atoms with Crippen LogP contribution in [-0.2, 0) is 20.9 Å². The number of alkyl halides is 3. The van der Waals surface area contributed by atoms with Crippen LogP contribution in [0.25, 0.3) is 0 Å². The van der Waals surface area contributed by atoms with Gasteiger partial charge in [-0.1, -0.05) is 12.1 Å². The molecule has 1 fully saturated rings. The summed E-state index contributed by atoms with van der Waals surface area (Å²) in [5, 5.41) is 2.00. The smallest absolute Gasteiger partial charge is 0.378 e. The van der Waals surface area contributed by atoms with Crippen molar-refractivity contribution in [2.24, 2.45) is 0 Å². The molecule has 0 spiro atoms. The maximum absolute atomic E-state index is 13.0. The van der Waals surface area contributed by atoms with Crippen LogP contribution in [0.3, 0.4) is 0 Å². The van der Waals surface area contributed by atoms with Crippen molar-refractivity contribution in [3.05, 3.63) is 40.9 Å². The number of benzene rings is 1. The van der Waals surface area contributed by atoms with Gasteiger partial charge in [0.05, 0.1) is 23.7 Å². The number of nitrogens with zero attached hydrogens (tertiary/aromatic N) is 2. The molecule has 3 rings (SSSR count). The molecule has 0 aliphatic carbocycles. The van der Waals surface area contributed by atoms with Gasteiger partial charge in [-0.2, -0.15) is 13.2 Å². The quantitative estimate of drug-likeness (QED) is 0.691. The predicted molar refractivity (Wildman–Crippen MR) is 94.4 cm³/mol. The predicted octanol–water partition coefficient (Wildman–Crippen LogP) is 1.62. The van der Waals surface area contributed by atoms with Crippen LogP contribution in [0, 0.1) is 0 Å². The first-order chi connectivity index (χ1) is 13.2. The fourth-order valence-corrected chi connectivity index (χ4v) is 4.36. The highest BCUT2D eigenvalue weighted by molar-refractivity contribution is 7.89. The zero-order chi connectivity index (χ0) is 20.4. The number of amides is 1. The van der Waals surface area contributed by atoms with E-state index in [-0.39, 0.29) is 5.69 Å². The third kappa shape index (κ3) is 4.60. The largest absolute Gasteiger partial charge is 0.417 e. The third-order valence-electron chi connectivity index (χ3n) is 3.79. The molecule has 13 heteroatoms. The normalized spacial score (nSPS) is 15.5. The maximum atomic E-state index is 13.0. The number of nitrogens with one attached hydrogen (secondary N) is 2. The van der Waals surface area contributed by atoms with Crippen molar-refractivity contribution in [2.75, 3.05) is 31.2 Å². The average Bonchev–Trinajstić information content (AvgIpc) is 3.16. The first-order valence-corrected chi connectivity index (χ1v) is 10.3. The second-order valence-electron chi connectivity index (χ2n) is 5.67. The van der Waals surface area contributed by atoms with E-state index in [1.165, 1.54) is 16.7 Å². The molecule has 1 aliphatic rings. The lowest BCUT2D eigenvalue weighted by Crippen LogP contribution is -2.42. The second-order valence-corrected chi connectivity index (χ2v) is 8.16. The van der Waals surface area contributed by atoms with Gasteiger partial charge in [0.1, 0.15) is 5.69 Å². The van der Waals surface area contributed by atoms with Crippen molar-refractivity contribution >= 4 is 32.4 Å². The molecule has 152 valence electrons. The Kier molecular flexibility index (Phi) is 5.88. The summed E-state index contributed by atoms with van der Waals surface area (Å²) >= 11 is 1.19. The van der Waals surface area contributed by atoms with Crippen LogP contribution in [0.15, 0.2) is 34.5 Å². The number of anilines is 1.